The number of carbonyl (C=O) groups excluding carboxylic acids is 1. The van der Waals surface area contributed by atoms with E-state index in [-0.39, 0.29) is 57.2 Å². The molecule has 24 valence electrons. The molecule has 0 aromatic heterocycles. The Hall–Kier alpha value is 1.15. The third-order valence-electron chi connectivity index (χ3n) is 0. The Kier molecular flexibility index (Phi) is 24.8. The van der Waals surface area contributed by atoms with Gasteiger partial charge < -0.3 is 15.0 Å². The van der Waals surface area contributed by atoms with Crippen LogP contribution in [0.1, 0.15) is 0 Å². The number of carboxylic acid groups (broad SMARTS) is 2. The largest absolute Gasteiger partial charge is 2.00 e. The van der Waals surface area contributed by atoms with E-state index in [1.165, 1.54) is 0 Å². The van der Waals surface area contributed by atoms with Crippen LogP contribution in [0.5, 0.6) is 0 Å². The van der Waals surface area contributed by atoms with Gasteiger partial charge in [-0.3, -0.25) is 0 Å². The molecule has 0 spiro atoms. The van der Waals surface area contributed by atoms with Crippen LogP contribution < -0.4 is 10.2 Å². The van der Waals surface area contributed by atoms with Crippen LogP contribution in [-0.4, -0.2) is 43.9 Å². The zero-order valence-corrected chi connectivity index (χ0v) is 8.31. The van der Waals surface area contributed by atoms with E-state index in [0.717, 1.165) is 0 Å². The summed E-state index contributed by atoms with van der Waals surface area (Å²) in [6, 6.07) is 0. The van der Waals surface area contributed by atoms with Crippen molar-refractivity contribution in [3.8, 4) is 0 Å². The van der Waals surface area contributed by atoms with Crippen molar-refractivity contribution in [3.63, 3.8) is 0 Å². The predicted molar refractivity (Wildman–Crippen MR) is 11.1 cm³/mol. The van der Waals surface area contributed by atoms with Gasteiger partial charge in [0.15, 0.2) is 0 Å². The summed E-state index contributed by atoms with van der Waals surface area (Å²) in [6.07, 6.45) is -2.33. The molecule has 0 unspecified atom stereocenters. The molecule has 0 saturated heterocycles. The molecule has 0 aromatic carbocycles. The molecule has 0 heterocycles. The Bertz CT molecular complexity index is 33.8. The van der Waals surface area contributed by atoms with Crippen molar-refractivity contribution in [2.75, 3.05) is 0 Å². The summed E-state index contributed by atoms with van der Waals surface area (Å²) in [7, 11) is 0. The Labute approximate surface area is 77.5 Å². The van der Waals surface area contributed by atoms with Crippen LogP contribution in [0.25, 0.3) is 0 Å². The number of hydrogen-bond donors (Lipinski definition) is 0. The van der Waals surface area contributed by atoms with Gasteiger partial charge >= 0.3 is 57.2 Å². The molecule has 0 N–H and O–H groups in total. The topological polar surface area (TPSA) is 63.2 Å². The third-order valence-corrected chi connectivity index (χ3v) is 0. The van der Waals surface area contributed by atoms with Crippen molar-refractivity contribution < 1.29 is 34.5 Å². The van der Waals surface area contributed by atoms with E-state index in [1.54, 1.807) is 0 Å². The predicted octanol–water partition coefficient (Wildman–Crippen LogP) is -2.83. The Balaban J connectivity index is -0.0000000450. The summed E-state index contributed by atoms with van der Waals surface area (Å²) in [5.74, 6) is 0. The summed E-state index contributed by atoms with van der Waals surface area (Å²) < 4.78 is 0. The summed E-state index contributed by atoms with van der Waals surface area (Å²) in [5.41, 5.74) is 0. The van der Waals surface area contributed by atoms with E-state index < -0.39 is 6.16 Å². The molecule has 0 saturated carbocycles. The molecule has 0 radical (unpaired) electrons. The summed E-state index contributed by atoms with van der Waals surface area (Å²) >= 11 is 0. The molecule has 0 rings (SSSR count). The quantitative estimate of drug-likeness (QED) is 0.364. The molecule has 0 aromatic rings. The average molecular weight is 165 g/mol. The Morgan fingerprint density at radius 3 is 1.33 bits per heavy atom. The summed E-state index contributed by atoms with van der Waals surface area (Å²) in [4.78, 5) is 8.33. The maximum absolute atomic E-state index is 8.33. The van der Waals surface area contributed by atoms with Gasteiger partial charge in [-0.2, -0.15) is 0 Å². The second kappa shape index (κ2) is 9.47. The Morgan fingerprint density at radius 2 is 1.33 bits per heavy atom. The van der Waals surface area contributed by atoms with Gasteiger partial charge in [-0.05, 0) is 6.16 Å². The molecule has 0 aliphatic carbocycles. The van der Waals surface area contributed by atoms with Crippen LogP contribution in [0.15, 0.2) is 0 Å². The third kappa shape index (κ3) is 66.8. The van der Waals surface area contributed by atoms with Crippen molar-refractivity contribution in [1.82, 2.24) is 0 Å². The standard InChI is InChI=1S/CH2O3.Ca.Zn/c2-1(3)4;;/h(H2,2,3,4);;/q;2*+2/p-2. The fourth-order valence-electron chi connectivity index (χ4n) is 0. The van der Waals surface area contributed by atoms with Gasteiger partial charge in [0.25, 0.3) is 0 Å². The minimum absolute atomic E-state index is 0. The van der Waals surface area contributed by atoms with Gasteiger partial charge in [0.1, 0.15) is 0 Å². The van der Waals surface area contributed by atoms with Gasteiger partial charge in [-0.15, -0.1) is 0 Å². The van der Waals surface area contributed by atoms with Crippen LogP contribution in [0.4, 0.5) is 4.79 Å². The van der Waals surface area contributed by atoms with E-state index in [0.29, 0.717) is 0 Å². The van der Waals surface area contributed by atoms with Crippen molar-refractivity contribution >= 4 is 43.9 Å². The fourth-order valence-corrected chi connectivity index (χ4v) is 0. The van der Waals surface area contributed by atoms with Crippen molar-refractivity contribution in [3.05, 3.63) is 0 Å². The minimum atomic E-state index is -2.33. The first-order valence-electron chi connectivity index (χ1n) is 0.612. The fraction of sp³-hybridized carbons (Fsp3) is 0. The van der Waals surface area contributed by atoms with Crippen LogP contribution in [0.3, 0.4) is 0 Å². The van der Waals surface area contributed by atoms with Gasteiger partial charge in [0.2, 0.25) is 0 Å². The SMILES string of the molecule is O=C([O-])[O-].[Ca+2].[Zn+2]. The molecule has 0 aliphatic heterocycles. The second-order valence-corrected chi connectivity index (χ2v) is 0.250. The molecule has 0 atom stereocenters. The maximum Gasteiger partial charge on any atom is 2.00 e. The number of carbonyl (C=O) groups is 1. The van der Waals surface area contributed by atoms with E-state index in [2.05, 4.69) is 0 Å². The molecule has 0 amide bonds. The van der Waals surface area contributed by atoms with Gasteiger partial charge in [-0.1, -0.05) is 0 Å². The van der Waals surface area contributed by atoms with Crippen molar-refractivity contribution in [2.45, 2.75) is 0 Å². The van der Waals surface area contributed by atoms with Crippen LogP contribution in [0, 0.1) is 0 Å². The van der Waals surface area contributed by atoms with Crippen LogP contribution >= 0.6 is 0 Å². The Morgan fingerprint density at radius 1 is 1.33 bits per heavy atom. The molecule has 0 bridgehead atoms. The first-order valence-corrected chi connectivity index (χ1v) is 0.612. The normalized spacial score (nSPS) is 4.00. The first kappa shape index (κ1) is 15.7. The molecule has 0 fully saturated rings. The maximum atomic E-state index is 8.33. The second-order valence-electron chi connectivity index (χ2n) is 0.250. The monoisotopic (exact) mass is 164 g/mol. The van der Waals surface area contributed by atoms with E-state index in [9.17, 15) is 0 Å². The van der Waals surface area contributed by atoms with Crippen LogP contribution in [0.2, 0.25) is 0 Å². The summed E-state index contributed by atoms with van der Waals surface area (Å²) in [6.45, 7) is 0. The molecule has 0 aliphatic rings. The molecule has 3 nitrogen and oxygen atoms in total. The van der Waals surface area contributed by atoms with Crippen LogP contribution in [-0.2, 0) is 19.5 Å². The molecule has 5 heteroatoms. The summed E-state index contributed by atoms with van der Waals surface area (Å²) in [5, 5.41) is 16.7. The van der Waals surface area contributed by atoms with E-state index >= 15 is 0 Å². The first-order chi connectivity index (χ1) is 1.73. The molecular weight excluding hydrogens is 165 g/mol. The van der Waals surface area contributed by atoms with E-state index in [1.807, 2.05) is 0 Å². The van der Waals surface area contributed by atoms with Gasteiger partial charge in [0, 0.05) is 0 Å². The van der Waals surface area contributed by atoms with Crippen molar-refractivity contribution in [1.29, 1.82) is 0 Å². The minimum Gasteiger partial charge on any atom is -0.652 e. The molecular formula is CCaO3Zn+2. The van der Waals surface area contributed by atoms with Crippen molar-refractivity contribution in [2.24, 2.45) is 0 Å². The van der Waals surface area contributed by atoms with E-state index in [4.69, 9.17) is 15.0 Å². The van der Waals surface area contributed by atoms with Gasteiger partial charge in [-0.25, -0.2) is 0 Å². The number of hydrogen-bond acceptors (Lipinski definition) is 3. The van der Waals surface area contributed by atoms with Gasteiger partial charge in [0.05, 0.1) is 0 Å². The number of rotatable bonds is 0. The average Bonchev–Trinajstić information content (AvgIpc) is 0.811. The zero-order chi connectivity index (χ0) is 3.58. The molecule has 6 heavy (non-hydrogen) atoms. The zero-order valence-electron chi connectivity index (χ0n) is 3.14. The smallest absolute Gasteiger partial charge is 0.652 e.